The minimum atomic E-state index is -0.396. The highest BCUT2D eigenvalue weighted by Crippen LogP contribution is 2.32. The van der Waals surface area contributed by atoms with E-state index in [4.69, 9.17) is 0 Å². The summed E-state index contributed by atoms with van der Waals surface area (Å²) in [5.74, 6) is 1.61. The number of aliphatic hydroxyl groups is 1. The van der Waals surface area contributed by atoms with Crippen molar-refractivity contribution in [2.24, 2.45) is 11.8 Å². The summed E-state index contributed by atoms with van der Waals surface area (Å²) in [5, 5.41) is 10.7. The first-order chi connectivity index (χ1) is 9.47. The smallest absolute Gasteiger partial charge is 0.0774 e. The molecule has 1 aliphatic carbocycles. The number of rotatable bonds is 5. The van der Waals surface area contributed by atoms with Crippen molar-refractivity contribution in [1.82, 2.24) is 9.80 Å². The Labute approximate surface area is 125 Å². The number of β-amino-alcohol motifs (C(OH)–C–C–N with tert-alkyl or cyclic N) is 1. The lowest BCUT2D eigenvalue weighted by atomic mass is 9.79. The second-order valence-corrected chi connectivity index (χ2v) is 7.71. The molecule has 1 saturated heterocycles. The second-order valence-electron chi connectivity index (χ2n) is 7.71. The molecule has 20 heavy (non-hydrogen) atoms. The van der Waals surface area contributed by atoms with Crippen molar-refractivity contribution in [2.75, 3.05) is 39.3 Å². The van der Waals surface area contributed by atoms with Crippen LogP contribution in [0.2, 0.25) is 0 Å². The lowest BCUT2D eigenvalue weighted by molar-refractivity contribution is -0.0434. The van der Waals surface area contributed by atoms with Gasteiger partial charge in [-0.25, -0.2) is 0 Å². The van der Waals surface area contributed by atoms with E-state index in [0.29, 0.717) is 0 Å². The predicted octanol–water partition coefficient (Wildman–Crippen LogP) is 2.59. The molecule has 118 valence electrons. The Morgan fingerprint density at radius 3 is 2.15 bits per heavy atom. The van der Waals surface area contributed by atoms with Crippen LogP contribution >= 0.6 is 0 Å². The summed E-state index contributed by atoms with van der Waals surface area (Å²) in [5.41, 5.74) is -0.396. The van der Waals surface area contributed by atoms with Crippen LogP contribution in [0.25, 0.3) is 0 Å². The van der Waals surface area contributed by atoms with Crippen molar-refractivity contribution in [1.29, 1.82) is 0 Å². The quantitative estimate of drug-likeness (QED) is 0.839. The molecule has 0 aromatic heterocycles. The van der Waals surface area contributed by atoms with Gasteiger partial charge >= 0.3 is 0 Å². The predicted molar refractivity (Wildman–Crippen MR) is 84.9 cm³/mol. The zero-order chi connectivity index (χ0) is 14.6. The van der Waals surface area contributed by atoms with E-state index in [1.54, 1.807) is 0 Å². The Balaban J connectivity index is 1.69. The second kappa shape index (κ2) is 7.24. The number of piperazine rings is 1. The number of nitrogens with zero attached hydrogens (tertiary/aromatic N) is 2. The van der Waals surface area contributed by atoms with Gasteiger partial charge in [-0.05, 0) is 50.5 Å². The fourth-order valence-electron chi connectivity index (χ4n) is 3.49. The van der Waals surface area contributed by atoms with Gasteiger partial charge in [-0.15, -0.1) is 0 Å². The van der Waals surface area contributed by atoms with Crippen molar-refractivity contribution >= 4 is 0 Å². The molecule has 0 bridgehead atoms. The van der Waals surface area contributed by atoms with Gasteiger partial charge in [0.05, 0.1) is 5.60 Å². The summed E-state index contributed by atoms with van der Waals surface area (Å²) in [6.07, 6.45) is 5.71. The molecule has 3 nitrogen and oxygen atoms in total. The molecule has 0 atom stereocenters. The van der Waals surface area contributed by atoms with E-state index in [2.05, 4.69) is 30.6 Å². The highest BCUT2D eigenvalue weighted by Gasteiger charge is 2.34. The first-order valence-electron chi connectivity index (χ1n) is 8.64. The summed E-state index contributed by atoms with van der Waals surface area (Å²) < 4.78 is 0. The van der Waals surface area contributed by atoms with Crippen molar-refractivity contribution in [3.8, 4) is 0 Å². The molecule has 0 unspecified atom stereocenters. The summed E-state index contributed by atoms with van der Waals surface area (Å²) in [4.78, 5) is 5.07. The standard InChI is InChI=1S/C17H34N2O/c1-15(2)6-9-18-10-12-19(13-11-18)14-17(20)7-4-16(3)5-8-17/h15-16,20H,4-14H2,1-3H3. The van der Waals surface area contributed by atoms with Gasteiger partial charge in [0.25, 0.3) is 0 Å². The van der Waals surface area contributed by atoms with Crippen LogP contribution in [0, 0.1) is 11.8 Å². The van der Waals surface area contributed by atoms with Gasteiger partial charge in [-0.2, -0.15) is 0 Å². The first kappa shape index (κ1) is 16.3. The van der Waals surface area contributed by atoms with Gasteiger partial charge in [-0.1, -0.05) is 20.8 Å². The Morgan fingerprint density at radius 1 is 1.05 bits per heavy atom. The molecule has 3 heteroatoms. The Morgan fingerprint density at radius 2 is 1.60 bits per heavy atom. The summed E-state index contributed by atoms with van der Waals surface area (Å²) in [6, 6.07) is 0. The Bertz CT molecular complexity index is 277. The summed E-state index contributed by atoms with van der Waals surface area (Å²) in [7, 11) is 0. The third kappa shape index (κ3) is 5.01. The average Bonchev–Trinajstić information content (AvgIpc) is 2.42. The van der Waals surface area contributed by atoms with Gasteiger partial charge in [0.15, 0.2) is 0 Å². The molecule has 1 heterocycles. The van der Waals surface area contributed by atoms with Crippen LogP contribution in [0.4, 0.5) is 0 Å². The topological polar surface area (TPSA) is 26.7 Å². The van der Waals surface area contributed by atoms with Crippen molar-refractivity contribution in [3.05, 3.63) is 0 Å². The number of hydrogen-bond acceptors (Lipinski definition) is 3. The van der Waals surface area contributed by atoms with Crippen molar-refractivity contribution < 1.29 is 5.11 Å². The van der Waals surface area contributed by atoms with Gasteiger partial charge in [0.1, 0.15) is 0 Å². The molecule has 0 aromatic rings. The molecule has 2 rings (SSSR count). The van der Waals surface area contributed by atoms with E-state index in [9.17, 15) is 5.11 Å². The Hall–Kier alpha value is -0.120. The minimum Gasteiger partial charge on any atom is -0.389 e. The van der Waals surface area contributed by atoms with Gasteiger partial charge in [0, 0.05) is 32.7 Å². The molecule has 0 aromatic carbocycles. The maximum absolute atomic E-state index is 10.7. The monoisotopic (exact) mass is 282 g/mol. The van der Waals surface area contributed by atoms with E-state index in [-0.39, 0.29) is 0 Å². The maximum atomic E-state index is 10.7. The SMILES string of the molecule is CC(C)CCN1CCN(CC2(O)CCC(C)CC2)CC1. The lowest BCUT2D eigenvalue weighted by Gasteiger charge is -2.42. The molecular formula is C17H34N2O. The van der Waals surface area contributed by atoms with E-state index < -0.39 is 5.60 Å². The van der Waals surface area contributed by atoms with Crippen molar-refractivity contribution in [2.45, 2.75) is 58.5 Å². The van der Waals surface area contributed by atoms with E-state index in [1.807, 2.05) is 0 Å². The maximum Gasteiger partial charge on any atom is 0.0774 e. The van der Waals surface area contributed by atoms with Crippen LogP contribution in [0.3, 0.4) is 0 Å². The van der Waals surface area contributed by atoms with Gasteiger partial charge < -0.3 is 10.0 Å². The van der Waals surface area contributed by atoms with Crippen LogP contribution in [-0.4, -0.2) is 59.8 Å². The largest absolute Gasteiger partial charge is 0.389 e. The van der Waals surface area contributed by atoms with Crippen LogP contribution in [0.15, 0.2) is 0 Å². The first-order valence-corrected chi connectivity index (χ1v) is 8.64. The third-order valence-corrected chi connectivity index (χ3v) is 5.21. The zero-order valence-corrected chi connectivity index (χ0v) is 13.8. The molecule has 1 saturated carbocycles. The molecule has 0 amide bonds. The molecule has 0 spiro atoms. The molecule has 2 aliphatic rings. The molecular weight excluding hydrogens is 248 g/mol. The van der Waals surface area contributed by atoms with Gasteiger partial charge in [0.2, 0.25) is 0 Å². The fourth-order valence-corrected chi connectivity index (χ4v) is 3.49. The highest BCUT2D eigenvalue weighted by molar-refractivity contribution is 4.88. The fraction of sp³-hybridized carbons (Fsp3) is 1.00. The molecule has 1 N–H and O–H groups in total. The average molecular weight is 282 g/mol. The third-order valence-electron chi connectivity index (χ3n) is 5.21. The number of hydrogen-bond donors (Lipinski definition) is 1. The Kier molecular flexibility index (Phi) is 5.88. The van der Waals surface area contributed by atoms with Crippen LogP contribution < -0.4 is 0 Å². The van der Waals surface area contributed by atoms with Crippen LogP contribution in [0.1, 0.15) is 52.9 Å². The summed E-state index contributed by atoms with van der Waals surface area (Å²) >= 11 is 0. The zero-order valence-electron chi connectivity index (χ0n) is 13.8. The minimum absolute atomic E-state index is 0.396. The lowest BCUT2D eigenvalue weighted by Crippen LogP contribution is -2.52. The molecule has 1 aliphatic heterocycles. The van der Waals surface area contributed by atoms with Crippen LogP contribution in [0.5, 0.6) is 0 Å². The highest BCUT2D eigenvalue weighted by atomic mass is 16.3. The molecule has 0 radical (unpaired) electrons. The van der Waals surface area contributed by atoms with E-state index in [1.165, 1.54) is 38.9 Å². The van der Waals surface area contributed by atoms with Crippen molar-refractivity contribution in [3.63, 3.8) is 0 Å². The van der Waals surface area contributed by atoms with Crippen LogP contribution in [-0.2, 0) is 0 Å². The van der Waals surface area contributed by atoms with E-state index >= 15 is 0 Å². The summed E-state index contributed by atoms with van der Waals surface area (Å²) in [6.45, 7) is 13.7. The molecule has 2 fully saturated rings. The van der Waals surface area contributed by atoms with E-state index in [0.717, 1.165) is 44.3 Å². The van der Waals surface area contributed by atoms with Gasteiger partial charge in [-0.3, -0.25) is 4.90 Å². The normalized spacial score (nSPS) is 33.8.